The largest absolute Gasteiger partial charge is 0.418 e. The van der Waals surface area contributed by atoms with Crippen molar-refractivity contribution in [3.05, 3.63) is 70.3 Å². The quantitative estimate of drug-likeness (QED) is 0.551. The molecule has 8 heteroatoms. The molecule has 0 radical (unpaired) electrons. The Morgan fingerprint density at radius 3 is 2.67 bits per heavy atom. The first-order chi connectivity index (χ1) is 12.9. The minimum atomic E-state index is -4.51. The van der Waals surface area contributed by atoms with Crippen LogP contribution in [-0.4, -0.2) is 15.0 Å². The van der Waals surface area contributed by atoms with Gasteiger partial charge in [0.15, 0.2) is 11.1 Å². The number of rotatable bonds is 1. The molecule has 4 aromatic rings. The fourth-order valence-corrected chi connectivity index (χ4v) is 2.98. The SMILES string of the molecule is N#Cc1nccc2[nH]c(-c3cnc4c(C(F)(F)F)cccc4c3)cc(=O)c12. The predicted octanol–water partition coefficient (Wildman–Crippen LogP) is 4.03. The van der Waals surface area contributed by atoms with Crippen molar-refractivity contribution in [3.63, 3.8) is 0 Å². The number of hydrogen-bond donors (Lipinski definition) is 1. The molecule has 3 heterocycles. The molecule has 3 aromatic heterocycles. The third-order valence-corrected chi connectivity index (χ3v) is 4.18. The molecule has 1 N–H and O–H groups in total. The molecule has 0 aliphatic rings. The maximum Gasteiger partial charge on any atom is 0.418 e. The van der Waals surface area contributed by atoms with Crippen molar-refractivity contribution in [2.24, 2.45) is 0 Å². The van der Waals surface area contributed by atoms with E-state index in [-0.39, 0.29) is 16.6 Å². The first-order valence-electron chi connectivity index (χ1n) is 7.77. The van der Waals surface area contributed by atoms with Crippen LogP contribution >= 0.6 is 0 Å². The summed E-state index contributed by atoms with van der Waals surface area (Å²) in [6.07, 6.45) is -1.83. The van der Waals surface area contributed by atoms with Crippen LogP contribution < -0.4 is 5.43 Å². The number of benzene rings is 1. The number of hydrogen-bond acceptors (Lipinski definition) is 4. The smallest absolute Gasteiger partial charge is 0.354 e. The second-order valence-electron chi connectivity index (χ2n) is 5.84. The van der Waals surface area contributed by atoms with E-state index < -0.39 is 17.2 Å². The van der Waals surface area contributed by atoms with Crippen molar-refractivity contribution >= 4 is 21.8 Å². The highest BCUT2D eigenvalue weighted by Crippen LogP contribution is 2.34. The highest BCUT2D eigenvalue weighted by atomic mass is 19.4. The van der Waals surface area contributed by atoms with Gasteiger partial charge in [0.2, 0.25) is 0 Å². The summed E-state index contributed by atoms with van der Waals surface area (Å²) in [6, 6.07) is 10.0. The standard InChI is InChI=1S/C19H9F3N4O/c20-19(21,22)12-3-1-2-10-6-11(9-25-18(10)12)14-7-16(27)17-13(26-14)4-5-24-15(17)8-23/h1-7,9H,(H,26,27). The van der Waals surface area contributed by atoms with Crippen LogP contribution in [0.4, 0.5) is 13.2 Å². The summed E-state index contributed by atoms with van der Waals surface area (Å²) in [5, 5.41) is 9.55. The second-order valence-corrected chi connectivity index (χ2v) is 5.84. The number of pyridine rings is 3. The summed E-state index contributed by atoms with van der Waals surface area (Å²) in [5.41, 5.74) is -0.130. The van der Waals surface area contributed by atoms with E-state index in [1.165, 1.54) is 36.7 Å². The monoisotopic (exact) mass is 366 g/mol. The Hall–Kier alpha value is -3.73. The summed E-state index contributed by atoms with van der Waals surface area (Å²) in [7, 11) is 0. The number of para-hydroxylation sites is 1. The molecule has 5 nitrogen and oxygen atoms in total. The van der Waals surface area contributed by atoms with Gasteiger partial charge in [0.05, 0.1) is 27.7 Å². The van der Waals surface area contributed by atoms with E-state index in [9.17, 15) is 18.0 Å². The number of aromatic nitrogens is 3. The van der Waals surface area contributed by atoms with Crippen LogP contribution in [0.2, 0.25) is 0 Å². The van der Waals surface area contributed by atoms with Crippen molar-refractivity contribution in [2.45, 2.75) is 6.18 Å². The number of nitrogens with zero attached hydrogens (tertiary/aromatic N) is 3. The van der Waals surface area contributed by atoms with Gasteiger partial charge < -0.3 is 4.98 Å². The minimum absolute atomic E-state index is 0.00626. The maximum absolute atomic E-state index is 13.1. The van der Waals surface area contributed by atoms with E-state index in [0.717, 1.165) is 6.07 Å². The van der Waals surface area contributed by atoms with Crippen molar-refractivity contribution < 1.29 is 13.2 Å². The van der Waals surface area contributed by atoms with E-state index in [0.29, 0.717) is 22.2 Å². The molecule has 132 valence electrons. The van der Waals surface area contributed by atoms with Gasteiger partial charge in [0.25, 0.3) is 0 Å². The molecule has 1 aromatic carbocycles. The predicted molar refractivity (Wildman–Crippen MR) is 92.8 cm³/mol. The maximum atomic E-state index is 13.1. The number of nitrogens with one attached hydrogen (secondary N) is 1. The number of alkyl halides is 3. The lowest BCUT2D eigenvalue weighted by Crippen LogP contribution is -2.07. The number of halogens is 3. The zero-order valence-corrected chi connectivity index (χ0v) is 13.5. The molecule has 4 rings (SSSR count). The van der Waals surface area contributed by atoms with Gasteiger partial charge >= 0.3 is 6.18 Å². The third kappa shape index (κ3) is 2.79. The average Bonchev–Trinajstić information content (AvgIpc) is 2.65. The lowest BCUT2D eigenvalue weighted by molar-refractivity contribution is -0.136. The fraction of sp³-hybridized carbons (Fsp3) is 0.0526. The van der Waals surface area contributed by atoms with E-state index in [4.69, 9.17) is 5.26 Å². The molecule has 0 aliphatic heterocycles. The van der Waals surface area contributed by atoms with Gasteiger partial charge in [-0.2, -0.15) is 18.4 Å². The Morgan fingerprint density at radius 1 is 1.11 bits per heavy atom. The minimum Gasteiger partial charge on any atom is -0.354 e. The Morgan fingerprint density at radius 2 is 1.93 bits per heavy atom. The number of fused-ring (bicyclic) bond motifs is 2. The van der Waals surface area contributed by atoms with Gasteiger partial charge in [-0.1, -0.05) is 12.1 Å². The second kappa shape index (κ2) is 5.92. The molecule has 0 fully saturated rings. The van der Waals surface area contributed by atoms with Crippen LogP contribution in [0.15, 0.2) is 53.6 Å². The molecule has 0 atom stereocenters. The lowest BCUT2D eigenvalue weighted by Gasteiger charge is -2.11. The van der Waals surface area contributed by atoms with E-state index in [2.05, 4.69) is 15.0 Å². The van der Waals surface area contributed by atoms with Gasteiger partial charge in [-0.3, -0.25) is 9.78 Å². The van der Waals surface area contributed by atoms with Crippen LogP contribution in [0.25, 0.3) is 33.1 Å². The number of aromatic amines is 1. The van der Waals surface area contributed by atoms with Crippen LogP contribution in [0.5, 0.6) is 0 Å². The molecule has 0 saturated heterocycles. The molecule has 0 bridgehead atoms. The summed E-state index contributed by atoms with van der Waals surface area (Å²) in [4.78, 5) is 23.3. The van der Waals surface area contributed by atoms with E-state index >= 15 is 0 Å². The van der Waals surface area contributed by atoms with Crippen molar-refractivity contribution in [1.82, 2.24) is 15.0 Å². The molecule has 0 unspecified atom stereocenters. The van der Waals surface area contributed by atoms with Gasteiger partial charge in [-0.15, -0.1) is 0 Å². The van der Waals surface area contributed by atoms with E-state index in [1.807, 2.05) is 6.07 Å². The fourth-order valence-electron chi connectivity index (χ4n) is 2.98. The van der Waals surface area contributed by atoms with Crippen LogP contribution in [-0.2, 0) is 6.18 Å². The normalized spacial score (nSPS) is 11.6. The summed E-state index contributed by atoms with van der Waals surface area (Å²) >= 11 is 0. The molecule has 0 saturated carbocycles. The number of H-pyrrole nitrogens is 1. The van der Waals surface area contributed by atoms with Crippen molar-refractivity contribution in [2.75, 3.05) is 0 Å². The molecule has 0 spiro atoms. The van der Waals surface area contributed by atoms with Gasteiger partial charge in [0, 0.05) is 29.4 Å². The highest BCUT2D eigenvalue weighted by molar-refractivity contribution is 5.88. The first kappa shape index (κ1) is 16.7. The van der Waals surface area contributed by atoms with Crippen LogP contribution in [0, 0.1) is 11.3 Å². The highest BCUT2D eigenvalue weighted by Gasteiger charge is 2.33. The number of nitriles is 1. The van der Waals surface area contributed by atoms with E-state index in [1.54, 1.807) is 6.07 Å². The average molecular weight is 366 g/mol. The Balaban J connectivity index is 1.93. The van der Waals surface area contributed by atoms with Crippen molar-refractivity contribution in [1.29, 1.82) is 5.26 Å². The molecular weight excluding hydrogens is 357 g/mol. The zero-order chi connectivity index (χ0) is 19.2. The summed E-state index contributed by atoms with van der Waals surface area (Å²) in [6.45, 7) is 0. The third-order valence-electron chi connectivity index (χ3n) is 4.18. The van der Waals surface area contributed by atoms with Gasteiger partial charge in [0.1, 0.15) is 6.07 Å². The zero-order valence-electron chi connectivity index (χ0n) is 13.5. The summed E-state index contributed by atoms with van der Waals surface area (Å²) in [5.74, 6) is 0. The lowest BCUT2D eigenvalue weighted by atomic mass is 10.1. The van der Waals surface area contributed by atoms with Crippen molar-refractivity contribution in [3.8, 4) is 17.3 Å². The molecule has 27 heavy (non-hydrogen) atoms. The van der Waals surface area contributed by atoms with Gasteiger partial charge in [-0.25, -0.2) is 4.98 Å². The summed E-state index contributed by atoms with van der Waals surface area (Å²) < 4.78 is 39.4. The molecular formula is C19H9F3N4O. The van der Waals surface area contributed by atoms with Crippen LogP contribution in [0.1, 0.15) is 11.3 Å². The molecule has 0 aliphatic carbocycles. The Bertz CT molecular complexity index is 1300. The Kier molecular flexibility index (Phi) is 3.66. The topological polar surface area (TPSA) is 82.4 Å². The van der Waals surface area contributed by atoms with Gasteiger partial charge in [-0.05, 0) is 18.2 Å². The van der Waals surface area contributed by atoms with Crippen LogP contribution in [0.3, 0.4) is 0 Å². The Labute approximate surface area is 149 Å². The molecule has 0 amide bonds. The first-order valence-corrected chi connectivity index (χ1v) is 7.77.